The smallest absolute Gasteiger partial charge is 0.391 e. The number of nitrogens with zero attached hydrogens (tertiary/aromatic N) is 1. The molecule has 3 aliphatic heterocycles. The third kappa shape index (κ3) is 17.6. The highest BCUT2D eigenvalue weighted by atomic mass is 35.5. The Bertz CT molecular complexity index is 782. The second kappa shape index (κ2) is 21.1. The van der Waals surface area contributed by atoms with Crippen molar-refractivity contribution in [3.8, 4) is 0 Å². The Morgan fingerprint density at radius 1 is 0.762 bits per heavy atom. The Morgan fingerprint density at radius 2 is 1.17 bits per heavy atom. The van der Waals surface area contributed by atoms with Crippen LogP contribution in [0.3, 0.4) is 0 Å². The van der Waals surface area contributed by atoms with Crippen molar-refractivity contribution in [1.29, 1.82) is 0 Å². The van der Waals surface area contributed by atoms with Crippen LogP contribution in [0.4, 0.5) is 0 Å². The van der Waals surface area contributed by atoms with Gasteiger partial charge in [-0.15, -0.1) is 12.4 Å². The summed E-state index contributed by atoms with van der Waals surface area (Å²) in [5.74, 6) is -0.704. The first-order chi connectivity index (χ1) is 19.5. The Hall–Kier alpha value is 0.177. The van der Waals surface area contributed by atoms with Crippen molar-refractivity contribution < 1.29 is 35.8 Å². The van der Waals surface area contributed by atoms with Crippen molar-refractivity contribution in [2.75, 3.05) is 59.3 Å². The van der Waals surface area contributed by atoms with E-state index in [1.807, 2.05) is 0 Å². The molecule has 0 aromatic rings. The molecule has 9 nitrogen and oxygen atoms in total. The lowest BCUT2D eigenvalue weighted by Gasteiger charge is -2.51. The van der Waals surface area contributed by atoms with Gasteiger partial charge in [0, 0.05) is 19.0 Å². The molecular formula is C30H64ClN2O7SSi+. The molecule has 2 bridgehead atoms. The van der Waals surface area contributed by atoms with Crippen LogP contribution in [0.25, 0.3) is 0 Å². The lowest BCUT2D eigenvalue weighted by atomic mass is 10.0. The van der Waals surface area contributed by atoms with Crippen LogP contribution in [0.2, 0.25) is 6.04 Å². The first-order valence-corrected chi connectivity index (χ1v) is 20.2. The van der Waals surface area contributed by atoms with Gasteiger partial charge >= 0.3 is 8.80 Å². The first-order valence-electron chi connectivity index (χ1n) is 16.6. The number of unbranched alkanes of at least 4 members (excludes halogenated alkanes) is 15. The van der Waals surface area contributed by atoms with Gasteiger partial charge in [-0.3, -0.25) is 4.55 Å². The molecule has 3 saturated heterocycles. The summed E-state index contributed by atoms with van der Waals surface area (Å²) in [7, 11) is -2.27. The van der Waals surface area contributed by atoms with E-state index in [0.29, 0.717) is 19.8 Å². The summed E-state index contributed by atoms with van der Waals surface area (Å²) in [6.07, 6.45) is 22.1. The first kappa shape index (κ1) is 40.2. The Balaban J connectivity index is 0.00000882. The van der Waals surface area contributed by atoms with E-state index in [0.717, 1.165) is 23.5 Å². The summed E-state index contributed by atoms with van der Waals surface area (Å²) in [4.78, 5) is 0. The van der Waals surface area contributed by atoms with Crippen LogP contribution >= 0.6 is 12.4 Å². The SMILES string of the molecule is CCCCCCCCCCCCCCCCCC[N+](C)(C)CCC[Si]12OCC(NCC(O)CS(=O)(=O)O)(CO1)CO2.Cl. The largest absolute Gasteiger partial charge is 0.501 e. The fourth-order valence-electron chi connectivity index (χ4n) is 5.92. The number of halogens is 1. The number of β-amino-alcohol motifs (C(OH)–C–C–N with tert-alkyl or cyclic N) is 1. The van der Waals surface area contributed by atoms with Gasteiger partial charge in [-0.25, -0.2) is 0 Å². The van der Waals surface area contributed by atoms with E-state index in [9.17, 15) is 13.5 Å². The molecule has 3 rings (SSSR count). The molecule has 3 aliphatic rings. The lowest BCUT2D eigenvalue weighted by Crippen LogP contribution is -2.72. The quantitative estimate of drug-likeness (QED) is 0.0467. The van der Waals surface area contributed by atoms with E-state index in [1.54, 1.807) is 0 Å². The molecule has 3 N–H and O–H groups in total. The Kier molecular flexibility index (Phi) is 20.2. The van der Waals surface area contributed by atoms with E-state index >= 15 is 0 Å². The number of nitrogens with one attached hydrogen (secondary N) is 1. The molecule has 3 heterocycles. The van der Waals surface area contributed by atoms with Gasteiger partial charge in [0.2, 0.25) is 0 Å². The average Bonchev–Trinajstić information content (AvgIpc) is 2.92. The molecule has 0 spiro atoms. The van der Waals surface area contributed by atoms with Crippen LogP contribution < -0.4 is 5.32 Å². The summed E-state index contributed by atoms with van der Waals surface area (Å²) in [5, 5.41) is 13.0. The molecule has 0 radical (unpaired) electrons. The fraction of sp³-hybridized carbons (Fsp3) is 1.00. The van der Waals surface area contributed by atoms with E-state index < -0.39 is 36.3 Å². The minimum absolute atomic E-state index is 0. The molecule has 1 unspecified atom stereocenters. The second-order valence-corrected chi connectivity index (χ2v) is 17.6. The monoisotopic (exact) mass is 659 g/mol. The van der Waals surface area contributed by atoms with Gasteiger partial charge in [0.15, 0.2) is 0 Å². The van der Waals surface area contributed by atoms with E-state index in [2.05, 4.69) is 26.3 Å². The molecule has 12 heteroatoms. The maximum atomic E-state index is 10.9. The lowest BCUT2D eigenvalue weighted by molar-refractivity contribution is -0.890. The predicted octanol–water partition coefficient (Wildman–Crippen LogP) is 5.73. The van der Waals surface area contributed by atoms with E-state index in [1.165, 1.54) is 109 Å². The normalized spacial score (nSPS) is 23.2. The van der Waals surface area contributed by atoms with Gasteiger partial charge in [0.25, 0.3) is 10.1 Å². The van der Waals surface area contributed by atoms with Crippen LogP contribution in [-0.4, -0.2) is 102 Å². The molecule has 3 fully saturated rings. The molecule has 42 heavy (non-hydrogen) atoms. The number of fused-ring (bicyclic) bond motifs is 3. The fourth-order valence-corrected chi connectivity index (χ4v) is 9.29. The van der Waals surface area contributed by atoms with Crippen molar-refractivity contribution in [3.63, 3.8) is 0 Å². The van der Waals surface area contributed by atoms with Crippen molar-refractivity contribution in [2.24, 2.45) is 0 Å². The van der Waals surface area contributed by atoms with Gasteiger partial charge in [-0.1, -0.05) is 96.8 Å². The molecule has 0 aromatic carbocycles. The van der Waals surface area contributed by atoms with E-state index in [-0.39, 0.29) is 19.0 Å². The minimum Gasteiger partial charge on any atom is -0.391 e. The average molecular weight is 660 g/mol. The number of aliphatic hydroxyl groups is 1. The summed E-state index contributed by atoms with van der Waals surface area (Å²) < 4.78 is 50.0. The summed E-state index contributed by atoms with van der Waals surface area (Å²) in [5.41, 5.74) is -0.586. The van der Waals surface area contributed by atoms with Gasteiger partial charge in [0.05, 0.1) is 58.6 Å². The third-order valence-electron chi connectivity index (χ3n) is 8.68. The Labute approximate surface area is 264 Å². The zero-order valence-corrected chi connectivity index (χ0v) is 29.6. The summed E-state index contributed by atoms with van der Waals surface area (Å²) in [6.45, 7) is 5.82. The van der Waals surface area contributed by atoms with Crippen LogP contribution in [0, 0.1) is 0 Å². The van der Waals surface area contributed by atoms with E-state index in [4.69, 9.17) is 17.8 Å². The van der Waals surface area contributed by atoms with Gasteiger partial charge in [-0.2, -0.15) is 8.42 Å². The maximum Gasteiger partial charge on any atom is 0.501 e. The highest BCUT2D eigenvalue weighted by molar-refractivity contribution is 7.85. The van der Waals surface area contributed by atoms with Crippen LogP contribution in [-0.2, 0) is 23.4 Å². The zero-order chi connectivity index (χ0) is 30.1. The van der Waals surface area contributed by atoms with Crippen LogP contribution in [0.5, 0.6) is 0 Å². The molecular weight excluding hydrogens is 596 g/mol. The van der Waals surface area contributed by atoms with Crippen LogP contribution in [0.1, 0.15) is 116 Å². The molecule has 0 aliphatic carbocycles. The van der Waals surface area contributed by atoms with Gasteiger partial charge in [-0.05, 0) is 12.8 Å². The standard InChI is InChI=1S/C30H62N2O7SSi.ClH/c1-4-5-6-7-8-9-10-11-12-13-14-15-16-17-18-19-21-32(2,3)22-20-23-41-37-26-30(27-38-41,28-39-41)31-24-29(33)25-40(34,35)36;/h29,31,33H,4-28H2,1-3H3;1H/p+1. The second-order valence-electron chi connectivity index (χ2n) is 13.4. The number of hydrogen-bond donors (Lipinski definition) is 3. The number of aliphatic hydroxyl groups excluding tert-OH is 1. The van der Waals surface area contributed by atoms with Gasteiger partial charge < -0.3 is 28.2 Å². The molecule has 252 valence electrons. The Morgan fingerprint density at radius 3 is 1.60 bits per heavy atom. The molecule has 0 saturated carbocycles. The highest BCUT2D eigenvalue weighted by Gasteiger charge is 2.56. The summed E-state index contributed by atoms with van der Waals surface area (Å²) >= 11 is 0. The van der Waals surface area contributed by atoms with Crippen molar-refractivity contribution in [2.45, 2.75) is 134 Å². The summed E-state index contributed by atoms with van der Waals surface area (Å²) in [6, 6.07) is 0.801. The van der Waals surface area contributed by atoms with Crippen molar-refractivity contribution >= 4 is 31.3 Å². The topological polar surface area (TPSA) is 114 Å². The van der Waals surface area contributed by atoms with Crippen molar-refractivity contribution in [3.05, 3.63) is 0 Å². The zero-order valence-electron chi connectivity index (χ0n) is 27.0. The minimum atomic E-state index is -4.22. The molecule has 0 amide bonds. The number of quaternary nitrogens is 1. The molecule has 1 atom stereocenters. The van der Waals surface area contributed by atoms with Crippen LogP contribution in [0.15, 0.2) is 0 Å². The molecule has 0 aromatic heterocycles. The number of rotatable bonds is 26. The number of hydrogen-bond acceptors (Lipinski definition) is 7. The third-order valence-corrected chi connectivity index (χ3v) is 12.2. The maximum absolute atomic E-state index is 10.9. The van der Waals surface area contributed by atoms with Crippen molar-refractivity contribution in [1.82, 2.24) is 5.32 Å². The highest BCUT2D eigenvalue weighted by Crippen LogP contribution is 2.33. The van der Waals surface area contributed by atoms with Gasteiger partial charge in [0.1, 0.15) is 5.75 Å². The predicted molar refractivity (Wildman–Crippen MR) is 175 cm³/mol.